The molecule has 4 nitrogen and oxygen atoms in total. The number of amides is 1. The zero-order chi connectivity index (χ0) is 19.8. The Morgan fingerprint density at radius 2 is 1.86 bits per heavy atom. The molecular formula is C20H14Cl2FN3OS. The summed E-state index contributed by atoms with van der Waals surface area (Å²) in [6, 6.07) is 13.8. The minimum atomic E-state index is -0.488. The van der Waals surface area contributed by atoms with Gasteiger partial charge in [0.25, 0.3) is 0 Å². The second kappa shape index (κ2) is 7.67. The lowest BCUT2D eigenvalue weighted by molar-refractivity contribution is -0.129. The van der Waals surface area contributed by atoms with Crippen molar-refractivity contribution >= 4 is 46.6 Å². The number of fused-ring (bicyclic) bond motifs is 1. The smallest absolute Gasteiger partial charge is 0.229 e. The maximum Gasteiger partial charge on any atom is 0.229 e. The molecule has 0 radical (unpaired) electrons. The lowest BCUT2D eigenvalue weighted by Gasteiger charge is -2.42. The van der Waals surface area contributed by atoms with Crippen LogP contribution < -0.4 is 4.90 Å². The zero-order valence-corrected chi connectivity index (χ0v) is 16.9. The molecular weight excluding hydrogens is 420 g/mol. The normalized spacial score (nSPS) is 19.5. The molecule has 0 bridgehead atoms. The van der Waals surface area contributed by atoms with Crippen LogP contribution >= 0.6 is 35.0 Å². The van der Waals surface area contributed by atoms with Crippen LogP contribution in [0, 0.1) is 17.1 Å². The van der Waals surface area contributed by atoms with Crippen LogP contribution in [0.25, 0.3) is 0 Å². The fourth-order valence-corrected chi connectivity index (χ4v) is 5.33. The Balaban J connectivity index is 1.73. The van der Waals surface area contributed by atoms with Crippen molar-refractivity contribution in [2.45, 2.75) is 12.3 Å². The first kappa shape index (κ1) is 19.1. The standard InChI is InChI=1S/C20H14Cl2FN3OS/c21-14-4-3-5-15(22)19(14)12-8-18(27)26-10-25(11-28-20(26)13(12)9-24)17-7-2-1-6-16(17)23/h1-7,12H,8,10-11H2. The largest absolute Gasteiger partial charge is 0.341 e. The van der Waals surface area contributed by atoms with Crippen molar-refractivity contribution in [3.05, 3.63) is 74.5 Å². The van der Waals surface area contributed by atoms with Crippen molar-refractivity contribution in [3.8, 4) is 6.07 Å². The van der Waals surface area contributed by atoms with E-state index in [-0.39, 0.29) is 24.8 Å². The number of anilines is 1. The molecule has 0 saturated carbocycles. The molecule has 2 aromatic rings. The van der Waals surface area contributed by atoms with E-state index < -0.39 is 5.92 Å². The van der Waals surface area contributed by atoms with E-state index in [1.165, 1.54) is 17.8 Å². The predicted molar refractivity (Wildman–Crippen MR) is 110 cm³/mol. The molecule has 2 heterocycles. The molecule has 0 N–H and O–H groups in total. The highest BCUT2D eigenvalue weighted by molar-refractivity contribution is 8.03. The van der Waals surface area contributed by atoms with E-state index in [9.17, 15) is 14.4 Å². The summed E-state index contributed by atoms with van der Waals surface area (Å²) in [7, 11) is 0. The van der Waals surface area contributed by atoms with Crippen LogP contribution in [-0.2, 0) is 4.79 Å². The van der Waals surface area contributed by atoms with E-state index in [2.05, 4.69) is 6.07 Å². The second-order valence-corrected chi connectivity index (χ2v) is 8.20. The van der Waals surface area contributed by atoms with Crippen molar-refractivity contribution in [1.29, 1.82) is 5.26 Å². The Morgan fingerprint density at radius 3 is 2.54 bits per heavy atom. The van der Waals surface area contributed by atoms with E-state index in [4.69, 9.17) is 23.2 Å². The minimum Gasteiger partial charge on any atom is -0.341 e. The van der Waals surface area contributed by atoms with Crippen LogP contribution in [-0.4, -0.2) is 23.4 Å². The Morgan fingerprint density at radius 1 is 1.14 bits per heavy atom. The van der Waals surface area contributed by atoms with Crippen LogP contribution in [0.4, 0.5) is 10.1 Å². The molecule has 8 heteroatoms. The summed E-state index contributed by atoms with van der Waals surface area (Å²) in [5.74, 6) is -0.559. The number of nitriles is 1. The molecule has 1 amide bonds. The quantitative estimate of drug-likeness (QED) is 0.639. The van der Waals surface area contributed by atoms with E-state index in [1.807, 2.05) is 0 Å². The van der Waals surface area contributed by atoms with Crippen molar-refractivity contribution < 1.29 is 9.18 Å². The topological polar surface area (TPSA) is 47.3 Å². The molecule has 0 spiro atoms. The van der Waals surface area contributed by atoms with Crippen molar-refractivity contribution in [3.63, 3.8) is 0 Å². The van der Waals surface area contributed by atoms with Crippen molar-refractivity contribution in [2.24, 2.45) is 0 Å². The molecule has 1 saturated heterocycles. The number of benzene rings is 2. The highest BCUT2D eigenvalue weighted by atomic mass is 35.5. The van der Waals surface area contributed by atoms with Gasteiger partial charge in [0.15, 0.2) is 0 Å². The Hall–Kier alpha value is -2.20. The first-order valence-electron chi connectivity index (χ1n) is 8.52. The Kier molecular flexibility index (Phi) is 5.24. The fraction of sp³-hybridized carbons (Fsp3) is 0.200. The van der Waals surface area contributed by atoms with Gasteiger partial charge in [-0.15, -0.1) is 0 Å². The molecule has 0 aromatic heterocycles. The van der Waals surface area contributed by atoms with Crippen LogP contribution in [0.2, 0.25) is 10.0 Å². The van der Waals surface area contributed by atoms with Crippen LogP contribution in [0.3, 0.4) is 0 Å². The number of halogens is 3. The van der Waals surface area contributed by atoms with Gasteiger partial charge in [0.1, 0.15) is 5.82 Å². The number of allylic oxidation sites excluding steroid dienone is 1. The number of hydrogen-bond acceptors (Lipinski definition) is 4. The lowest BCUT2D eigenvalue weighted by atomic mass is 9.86. The molecule has 0 aliphatic carbocycles. The van der Waals surface area contributed by atoms with Gasteiger partial charge in [-0.2, -0.15) is 5.26 Å². The molecule has 2 aliphatic rings. The molecule has 1 unspecified atom stereocenters. The van der Waals surface area contributed by atoms with Gasteiger partial charge in [-0.3, -0.25) is 9.69 Å². The molecule has 2 aromatic carbocycles. The summed E-state index contributed by atoms with van der Waals surface area (Å²) in [4.78, 5) is 16.2. The Labute approximate surface area is 176 Å². The SMILES string of the molecule is N#CC1=C2SCN(c3ccccc3F)CN2C(=O)CC1c1c(Cl)cccc1Cl. The number of para-hydroxylation sites is 1. The van der Waals surface area contributed by atoms with Crippen molar-refractivity contribution in [2.75, 3.05) is 17.4 Å². The lowest BCUT2D eigenvalue weighted by Crippen LogP contribution is -2.47. The number of thioether (sulfide) groups is 1. The van der Waals surface area contributed by atoms with Gasteiger partial charge in [0.2, 0.25) is 5.91 Å². The predicted octanol–water partition coefficient (Wildman–Crippen LogP) is 5.35. The summed E-state index contributed by atoms with van der Waals surface area (Å²) >= 11 is 14.0. The summed E-state index contributed by atoms with van der Waals surface area (Å²) in [6.45, 7) is 0.191. The highest BCUT2D eigenvalue weighted by Gasteiger charge is 2.39. The summed E-state index contributed by atoms with van der Waals surface area (Å²) in [6.07, 6.45) is 0.0848. The first-order chi connectivity index (χ1) is 13.5. The summed E-state index contributed by atoms with van der Waals surface area (Å²) < 4.78 is 14.2. The average molecular weight is 434 g/mol. The average Bonchev–Trinajstić information content (AvgIpc) is 2.68. The number of hydrogen-bond donors (Lipinski definition) is 0. The first-order valence-corrected chi connectivity index (χ1v) is 10.3. The molecule has 1 fully saturated rings. The summed E-state index contributed by atoms with van der Waals surface area (Å²) in [5.41, 5.74) is 1.49. The highest BCUT2D eigenvalue weighted by Crippen LogP contribution is 2.46. The van der Waals surface area contributed by atoms with Crippen LogP contribution in [0.1, 0.15) is 17.9 Å². The van der Waals surface area contributed by atoms with Gasteiger partial charge < -0.3 is 4.90 Å². The third-order valence-corrected chi connectivity index (χ3v) is 6.65. The van der Waals surface area contributed by atoms with Gasteiger partial charge >= 0.3 is 0 Å². The van der Waals surface area contributed by atoms with Crippen LogP contribution in [0.5, 0.6) is 0 Å². The minimum absolute atomic E-state index is 0.0848. The summed E-state index contributed by atoms with van der Waals surface area (Å²) in [5, 5.41) is 11.3. The second-order valence-electron chi connectivity index (χ2n) is 6.45. The number of nitrogens with zero attached hydrogens (tertiary/aromatic N) is 3. The molecule has 28 heavy (non-hydrogen) atoms. The third-order valence-electron chi connectivity index (χ3n) is 4.83. The Bertz CT molecular complexity index is 1020. The monoisotopic (exact) mass is 433 g/mol. The zero-order valence-electron chi connectivity index (χ0n) is 14.5. The van der Waals surface area contributed by atoms with Crippen LogP contribution in [0.15, 0.2) is 53.1 Å². The van der Waals surface area contributed by atoms with Gasteiger partial charge in [-0.25, -0.2) is 4.39 Å². The van der Waals surface area contributed by atoms with E-state index in [1.54, 1.807) is 46.2 Å². The maximum absolute atomic E-state index is 14.2. The van der Waals surface area contributed by atoms with Gasteiger partial charge in [0.05, 0.1) is 34.9 Å². The third kappa shape index (κ3) is 3.24. The molecule has 1 atom stereocenters. The van der Waals surface area contributed by atoms with E-state index in [0.29, 0.717) is 37.8 Å². The van der Waals surface area contributed by atoms with Gasteiger partial charge in [-0.05, 0) is 29.8 Å². The molecule has 4 rings (SSSR count). The van der Waals surface area contributed by atoms with E-state index in [0.717, 1.165) is 0 Å². The number of carbonyl (C=O) groups is 1. The molecule has 2 aliphatic heterocycles. The van der Waals surface area contributed by atoms with E-state index >= 15 is 0 Å². The number of carbonyl (C=O) groups excluding carboxylic acids is 1. The maximum atomic E-state index is 14.2. The molecule has 142 valence electrons. The van der Waals surface area contributed by atoms with Crippen molar-refractivity contribution in [1.82, 2.24) is 4.90 Å². The number of rotatable bonds is 2. The fourth-order valence-electron chi connectivity index (χ4n) is 3.51. The van der Waals surface area contributed by atoms with Gasteiger partial charge in [-0.1, -0.05) is 53.2 Å². The van der Waals surface area contributed by atoms with Gasteiger partial charge in [0, 0.05) is 22.4 Å².